The summed E-state index contributed by atoms with van der Waals surface area (Å²) in [5.74, 6) is 0.0575. The number of nitrogen functional groups attached to an aromatic ring is 1. The van der Waals surface area contributed by atoms with Crippen LogP contribution in [0.5, 0.6) is 0 Å². The molecule has 2 saturated heterocycles. The molecule has 2 unspecified atom stereocenters. The summed E-state index contributed by atoms with van der Waals surface area (Å²) in [6.07, 6.45) is -9.12. The highest BCUT2D eigenvalue weighted by Crippen LogP contribution is 2.60. The molecule has 2 aromatic rings. The van der Waals surface area contributed by atoms with Gasteiger partial charge >= 0.3 is 15.6 Å². The fourth-order valence-corrected chi connectivity index (χ4v) is 6.01. The van der Waals surface area contributed by atoms with Gasteiger partial charge in [-0.05, 0) is 6.42 Å². The minimum atomic E-state index is -5.33. The predicted octanol–water partition coefficient (Wildman–Crippen LogP) is -2.71. The first kappa shape index (κ1) is 33.7. The molecule has 0 radical (unpaired) electrons. The number of anilines is 1. The fourth-order valence-electron chi connectivity index (χ4n) is 3.92. The number of rotatable bonds is 13. The summed E-state index contributed by atoms with van der Waals surface area (Å²) < 4.78 is 55.2. The van der Waals surface area contributed by atoms with Crippen molar-refractivity contribution in [2.45, 2.75) is 55.6 Å². The van der Waals surface area contributed by atoms with E-state index in [-0.39, 0.29) is 42.8 Å². The van der Waals surface area contributed by atoms with E-state index in [2.05, 4.69) is 28.3 Å². The van der Waals surface area contributed by atoms with Crippen LogP contribution in [0.3, 0.4) is 0 Å². The van der Waals surface area contributed by atoms with Gasteiger partial charge in [0.25, 0.3) is 0 Å². The first-order valence-corrected chi connectivity index (χ1v) is 14.7. The van der Waals surface area contributed by atoms with E-state index >= 15 is 0 Å². The molecule has 0 amide bonds. The van der Waals surface area contributed by atoms with Crippen molar-refractivity contribution < 1.29 is 72.0 Å². The van der Waals surface area contributed by atoms with Crippen molar-refractivity contribution in [1.29, 1.82) is 0 Å². The summed E-state index contributed by atoms with van der Waals surface area (Å²) in [4.78, 5) is 31.6. The molecule has 0 saturated carbocycles. The second-order valence-corrected chi connectivity index (χ2v) is 11.8. The number of hydrogen-bond donors (Lipinski definition) is 9. The van der Waals surface area contributed by atoms with E-state index in [1.165, 1.54) is 10.9 Å². The zero-order valence-electron chi connectivity index (χ0n) is 21.2. The number of aromatic nitrogens is 4. The molecule has 10 atom stereocenters. The van der Waals surface area contributed by atoms with Crippen LogP contribution in [0.1, 0.15) is 12.6 Å². The maximum Gasteiger partial charge on any atom is 0.481 e. The summed E-state index contributed by atoms with van der Waals surface area (Å²) in [7, 11) is -10.6. The molecule has 0 aliphatic carbocycles. The van der Waals surface area contributed by atoms with Crippen molar-refractivity contribution in [2.75, 3.05) is 32.2 Å². The molecule has 0 spiro atoms. The Hall–Kier alpha value is -1.75. The van der Waals surface area contributed by atoms with Gasteiger partial charge in [-0.25, -0.2) is 24.1 Å². The maximum atomic E-state index is 12.3. The number of hydrogen-bond acceptors (Lipinski definition) is 18. The van der Waals surface area contributed by atoms with Gasteiger partial charge in [-0.3, -0.25) is 13.6 Å². The van der Waals surface area contributed by atoms with Gasteiger partial charge in [0, 0.05) is 6.61 Å². The number of ether oxygens (including phenoxy) is 3. The standard InChI is InChI=1S/C18H29N5O15P2.H3N/c19-15-10-16(21-6-20-15)23(7-22-10)17-13(27)11(25)8(36-17)4-34-39(29,30)38-40(31,32)35-5-9-12(26)14(28)18(37-9)33-3-1-2-24;/h6-9,11-14,17-18,24-28H,1-5H2,(H,29,30)(H,31,32)(H2,19,20,21);1H3/t8-,9-,11-,12-,13-,14-,17-,18-;/m1./s1. The van der Waals surface area contributed by atoms with E-state index in [4.69, 9.17) is 25.1 Å². The van der Waals surface area contributed by atoms with Gasteiger partial charge in [0.05, 0.1) is 26.1 Å². The molecule has 0 aromatic carbocycles. The van der Waals surface area contributed by atoms with Crippen molar-refractivity contribution >= 4 is 32.6 Å². The van der Waals surface area contributed by atoms with Gasteiger partial charge in [-0.1, -0.05) is 0 Å². The summed E-state index contributed by atoms with van der Waals surface area (Å²) in [5, 5.41) is 49.5. The molecule has 12 N–H and O–H groups in total. The minimum Gasteiger partial charge on any atom is -0.396 e. The van der Waals surface area contributed by atoms with Gasteiger partial charge in [-0.2, -0.15) is 4.31 Å². The quantitative estimate of drug-likeness (QED) is 0.0798. The third-order valence-electron chi connectivity index (χ3n) is 5.91. The topological polar surface area (TPSA) is 336 Å². The normalized spacial score (nSPS) is 33.0. The average Bonchev–Trinajstić information content (AvgIpc) is 3.52. The number of phosphoric acid groups is 2. The summed E-state index contributed by atoms with van der Waals surface area (Å²) in [5.41, 5.74) is 6.11. The molecule has 41 heavy (non-hydrogen) atoms. The van der Waals surface area contributed by atoms with E-state index in [0.717, 1.165) is 6.33 Å². The zero-order chi connectivity index (χ0) is 29.2. The first-order chi connectivity index (χ1) is 18.8. The van der Waals surface area contributed by atoms with Crippen molar-refractivity contribution in [3.63, 3.8) is 0 Å². The Kier molecular flexibility index (Phi) is 11.3. The van der Waals surface area contributed by atoms with E-state index in [0.29, 0.717) is 0 Å². The smallest absolute Gasteiger partial charge is 0.396 e. The summed E-state index contributed by atoms with van der Waals surface area (Å²) in [6.45, 7) is -1.94. The SMILES string of the molecule is N.Nc1ncnc2c1ncn2[C@@H]1O[C@H](COP(=O)(O)OP(=O)(O)OC[C@H]2O[C@@H](OCCCO)[C@H](O)[C@@H]2O)[C@@H](O)[C@H]1O. The second kappa shape index (κ2) is 13.7. The molecule has 2 aromatic heterocycles. The number of nitrogens with zero attached hydrogens (tertiary/aromatic N) is 4. The van der Waals surface area contributed by atoms with Crippen LogP contribution < -0.4 is 11.9 Å². The van der Waals surface area contributed by atoms with Crippen molar-refractivity contribution in [3.05, 3.63) is 12.7 Å². The number of fused-ring (bicyclic) bond motifs is 1. The van der Waals surface area contributed by atoms with Crippen LogP contribution in [0.25, 0.3) is 11.2 Å². The van der Waals surface area contributed by atoms with Gasteiger partial charge in [0.1, 0.15) is 48.5 Å². The highest BCUT2D eigenvalue weighted by molar-refractivity contribution is 7.61. The van der Waals surface area contributed by atoms with Gasteiger partial charge < -0.3 is 61.4 Å². The fraction of sp³-hybridized carbons (Fsp3) is 0.722. The number of imidazole rings is 1. The minimum absolute atomic E-state index is 0. The lowest BCUT2D eigenvalue weighted by Gasteiger charge is -2.20. The Morgan fingerprint density at radius 2 is 1.54 bits per heavy atom. The number of phosphoric ester groups is 2. The monoisotopic (exact) mass is 634 g/mol. The molecule has 234 valence electrons. The summed E-state index contributed by atoms with van der Waals surface area (Å²) >= 11 is 0. The lowest BCUT2D eigenvalue weighted by molar-refractivity contribution is -0.170. The van der Waals surface area contributed by atoms with Crippen LogP contribution in [0.4, 0.5) is 5.82 Å². The maximum absolute atomic E-state index is 12.3. The lowest BCUT2D eigenvalue weighted by atomic mass is 10.1. The number of nitrogens with two attached hydrogens (primary N) is 1. The number of aliphatic hydroxyl groups is 5. The largest absolute Gasteiger partial charge is 0.481 e. The lowest BCUT2D eigenvalue weighted by Crippen LogP contribution is -2.35. The van der Waals surface area contributed by atoms with Gasteiger partial charge in [0.15, 0.2) is 24.0 Å². The Balaban J connectivity index is 0.00000462. The molecule has 4 rings (SSSR count). The van der Waals surface area contributed by atoms with Crippen LogP contribution >= 0.6 is 15.6 Å². The van der Waals surface area contributed by atoms with Crippen LogP contribution in [0.2, 0.25) is 0 Å². The molecule has 4 heterocycles. The third kappa shape index (κ3) is 7.80. The van der Waals surface area contributed by atoms with Crippen molar-refractivity contribution in [3.8, 4) is 0 Å². The van der Waals surface area contributed by atoms with E-state index in [1.54, 1.807) is 0 Å². The second-order valence-electron chi connectivity index (χ2n) is 8.71. The number of aliphatic hydroxyl groups excluding tert-OH is 5. The molecule has 2 aliphatic rings. The Morgan fingerprint density at radius 1 is 0.927 bits per heavy atom. The first-order valence-electron chi connectivity index (χ1n) is 11.7. The van der Waals surface area contributed by atoms with E-state index < -0.39 is 78.0 Å². The van der Waals surface area contributed by atoms with Crippen molar-refractivity contribution in [1.82, 2.24) is 25.7 Å². The van der Waals surface area contributed by atoms with Crippen LogP contribution in [0, 0.1) is 0 Å². The van der Waals surface area contributed by atoms with Crippen LogP contribution in [0.15, 0.2) is 12.7 Å². The highest BCUT2D eigenvalue weighted by atomic mass is 31.3. The Morgan fingerprint density at radius 3 is 2.17 bits per heavy atom. The van der Waals surface area contributed by atoms with Gasteiger partial charge in [-0.15, -0.1) is 0 Å². The Bertz CT molecular complexity index is 1260. The Labute approximate surface area is 231 Å². The molecule has 21 nitrogen and oxygen atoms in total. The average molecular weight is 634 g/mol. The molecule has 23 heteroatoms. The molecular weight excluding hydrogens is 602 g/mol. The molecular formula is C18H32N6O15P2. The van der Waals surface area contributed by atoms with Crippen LogP contribution in [-0.2, 0) is 36.7 Å². The molecule has 0 bridgehead atoms. The van der Waals surface area contributed by atoms with Crippen molar-refractivity contribution in [2.24, 2.45) is 0 Å². The third-order valence-corrected chi connectivity index (χ3v) is 8.51. The molecule has 2 aliphatic heterocycles. The predicted molar refractivity (Wildman–Crippen MR) is 132 cm³/mol. The zero-order valence-corrected chi connectivity index (χ0v) is 23.0. The van der Waals surface area contributed by atoms with E-state index in [9.17, 15) is 39.3 Å². The van der Waals surface area contributed by atoms with E-state index in [1.807, 2.05) is 0 Å². The molecule has 2 fully saturated rings. The van der Waals surface area contributed by atoms with Crippen LogP contribution in [-0.4, -0.2) is 124 Å². The van der Waals surface area contributed by atoms with Gasteiger partial charge in [0.2, 0.25) is 0 Å². The highest BCUT2D eigenvalue weighted by Gasteiger charge is 2.47. The summed E-state index contributed by atoms with van der Waals surface area (Å²) in [6, 6.07) is 0.